The lowest BCUT2D eigenvalue weighted by Gasteiger charge is -2.29. The molecule has 1 fully saturated rings. The first-order valence-corrected chi connectivity index (χ1v) is 7.01. The summed E-state index contributed by atoms with van der Waals surface area (Å²) in [5, 5.41) is 8.74. The lowest BCUT2D eigenvalue weighted by Crippen LogP contribution is -2.42. The zero-order valence-electron chi connectivity index (χ0n) is 12.1. The normalized spacial score (nSPS) is 18.9. The molecule has 1 atom stereocenters. The molecule has 0 bridgehead atoms. The van der Waals surface area contributed by atoms with Crippen molar-refractivity contribution in [2.75, 3.05) is 40.0 Å². The Balaban J connectivity index is 2.00. The van der Waals surface area contributed by atoms with Crippen LogP contribution < -0.4 is 4.74 Å². The lowest BCUT2D eigenvalue weighted by atomic mass is 10.2. The van der Waals surface area contributed by atoms with Crippen LogP contribution in [0.15, 0.2) is 18.2 Å². The standard InChI is InChI=1S/C16H20FNO3/c1-18-7-9-20-15(11-18)12-21-16-6-5-14(17)10-13(16)4-2-3-8-19/h5-6,10,15,19H,3,7-9,11-12H2,1H3. The summed E-state index contributed by atoms with van der Waals surface area (Å²) in [4.78, 5) is 2.18. The van der Waals surface area contributed by atoms with Gasteiger partial charge in [-0.2, -0.15) is 0 Å². The minimum atomic E-state index is -0.357. The van der Waals surface area contributed by atoms with E-state index in [2.05, 4.69) is 16.7 Å². The van der Waals surface area contributed by atoms with E-state index < -0.39 is 0 Å². The Hall–Kier alpha value is -1.61. The number of aliphatic hydroxyl groups excluding tert-OH is 1. The maximum absolute atomic E-state index is 13.3. The minimum Gasteiger partial charge on any atom is -0.490 e. The SMILES string of the molecule is CN1CCOC(COc2ccc(F)cc2C#CCCO)C1. The topological polar surface area (TPSA) is 41.9 Å². The number of rotatable bonds is 4. The highest BCUT2D eigenvalue weighted by Gasteiger charge is 2.18. The van der Waals surface area contributed by atoms with Crippen LogP contribution in [-0.4, -0.2) is 56.1 Å². The molecule has 1 aliphatic heterocycles. The zero-order valence-corrected chi connectivity index (χ0v) is 12.1. The van der Waals surface area contributed by atoms with Gasteiger partial charge in [0, 0.05) is 19.5 Å². The number of ether oxygens (including phenoxy) is 2. The molecule has 0 radical (unpaired) electrons. The van der Waals surface area contributed by atoms with Crippen LogP contribution in [0.3, 0.4) is 0 Å². The number of aliphatic hydroxyl groups is 1. The van der Waals surface area contributed by atoms with Crippen molar-refractivity contribution >= 4 is 0 Å². The predicted molar refractivity (Wildman–Crippen MR) is 77.7 cm³/mol. The summed E-state index contributed by atoms with van der Waals surface area (Å²) in [6.45, 7) is 2.82. The van der Waals surface area contributed by atoms with Crippen molar-refractivity contribution in [3.8, 4) is 17.6 Å². The first kappa shape index (κ1) is 15.8. The zero-order chi connectivity index (χ0) is 15.1. The molecular formula is C16H20FNO3. The molecule has 0 saturated carbocycles. The molecule has 1 aliphatic rings. The molecule has 4 nitrogen and oxygen atoms in total. The second-order valence-electron chi connectivity index (χ2n) is 4.98. The second-order valence-corrected chi connectivity index (χ2v) is 4.98. The molecule has 1 heterocycles. The van der Waals surface area contributed by atoms with Crippen LogP contribution in [0.4, 0.5) is 4.39 Å². The molecule has 1 unspecified atom stereocenters. The van der Waals surface area contributed by atoms with Crippen LogP contribution in [0.2, 0.25) is 0 Å². The fraction of sp³-hybridized carbons (Fsp3) is 0.500. The van der Waals surface area contributed by atoms with Gasteiger partial charge in [-0.1, -0.05) is 11.8 Å². The van der Waals surface area contributed by atoms with Gasteiger partial charge in [0.15, 0.2) is 0 Å². The molecule has 1 aromatic rings. The number of nitrogens with zero attached hydrogens (tertiary/aromatic N) is 1. The lowest BCUT2D eigenvalue weighted by molar-refractivity contribution is -0.0403. The van der Waals surface area contributed by atoms with E-state index in [0.717, 1.165) is 13.1 Å². The maximum atomic E-state index is 13.3. The van der Waals surface area contributed by atoms with Crippen LogP contribution in [0.1, 0.15) is 12.0 Å². The molecule has 0 aliphatic carbocycles. The Labute approximate surface area is 124 Å². The van der Waals surface area contributed by atoms with E-state index in [1.165, 1.54) is 12.1 Å². The van der Waals surface area contributed by atoms with Crippen LogP contribution >= 0.6 is 0 Å². The van der Waals surface area contributed by atoms with Gasteiger partial charge in [-0.3, -0.25) is 0 Å². The molecule has 21 heavy (non-hydrogen) atoms. The number of benzene rings is 1. The average Bonchev–Trinajstić information content (AvgIpc) is 2.47. The van der Waals surface area contributed by atoms with Crippen LogP contribution in [0.25, 0.3) is 0 Å². The average molecular weight is 293 g/mol. The quantitative estimate of drug-likeness (QED) is 0.849. The summed E-state index contributed by atoms with van der Waals surface area (Å²) in [6, 6.07) is 4.26. The monoisotopic (exact) mass is 293 g/mol. The van der Waals surface area contributed by atoms with E-state index in [9.17, 15) is 4.39 Å². The molecule has 1 N–H and O–H groups in total. The van der Waals surface area contributed by atoms with Gasteiger partial charge in [0.1, 0.15) is 24.3 Å². The van der Waals surface area contributed by atoms with Crippen molar-refractivity contribution in [2.45, 2.75) is 12.5 Å². The van der Waals surface area contributed by atoms with E-state index in [1.807, 2.05) is 7.05 Å². The van der Waals surface area contributed by atoms with Gasteiger partial charge in [0.25, 0.3) is 0 Å². The van der Waals surface area contributed by atoms with Gasteiger partial charge in [-0.25, -0.2) is 4.39 Å². The predicted octanol–water partition coefficient (Wildman–Crippen LogP) is 1.27. The summed E-state index contributed by atoms with van der Waals surface area (Å²) in [7, 11) is 2.04. The highest BCUT2D eigenvalue weighted by Crippen LogP contribution is 2.19. The van der Waals surface area contributed by atoms with Gasteiger partial charge in [-0.05, 0) is 25.2 Å². The number of halogens is 1. The molecule has 0 aromatic heterocycles. The Kier molecular flexibility index (Phi) is 6.00. The fourth-order valence-corrected chi connectivity index (χ4v) is 2.09. The van der Waals surface area contributed by atoms with Gasteiger partial charge in [-0.15, -0.1) is 0 Å². The van der Waals surface area contributed by atoms with E-state index in [0.29, 0.717) is 30.9 Å². The molecule has 0 amide bonds. The summed E-state index contributed by atoms with van der Waals surface area (Å²) in [5.74, 6) is 5.79. The molecule has 1 aromatic carbocycles. The van der Waals surface area contributed by atoms with Crippen molar-refractivity contribution in [2.24, 2.45) is 0 Å². The number of hydrogen-bond donors (Lipinski definition) is 1. The molecule has 1 saturated heterocycles. The maximum Gasteiger partial charge on any atom is 0.135 e. The minimum absolute atomic E-state index is 0.00653. The van der Waals surface area contributed by atoms with Crippen molar-refractivity contribution in [1.82, 2.24) is 4.90 Å². The smallest absolute Gasteiger partial charge is 0.135 e. The number of hydrogen-bond acceptors (Lipinski definition) is 4. The van der Waals surface area contributed by atoms with Gasteiger partial charge in [0.2, 0.25) is 0 Å². The largest absolute Gasteiger partial charge is 0.490 e. The summed E-state index contributed by atoms with van der Waals surface area (Å²) in [6.07, 6.45) is 0.360. The summed E-state index contributed by atoms with van der Waals surface area (Å²) < 4.78 is 24.6. The van der Waals surface area contributed by atoms with Gasteiger partial charge >= 0.3 is 0 Å². The Morgan fingerprint density at radius 2 is 2.38 bits per heavy atom. The third kappa shape index (κ3) is 5.01. The molecule has 0 spiro atoms. The van der Waals surface area contributed by atoms with Crippen molar-refractivity contribution in [3.05, 3.63) is 29.6 Å². The van der Waals surface area contributed by atoms with Crippen molar-refractivity contribution in [1.29, 1.82) is 0 Å². The third-order valence-corrected chi connectivity index (χ3v) is 3.17. The van der Waals surface area contributed by atoms with E-state index >= 15 is 0 Å². The second kappa shape index (κ2) is 7.99. The first-order chi connectivity index (χ1) is 10.2. The highest BCUT2D eigenvalue weighted by molar-refractivity contribution is 5.46. The van der Waals surface area contributed by atoms with Crippen LogP contribution in [0, 0.1) is 17.7 Å². The van der Waals surface area contributed by atoms with Gasteiger partial charge in [0.05, 0.1) is 18.8 Å². The Morgan fingerprint density at radius 1 is 1.52 bits per heavy atom. The summed E-state index contributed by atoms with van der Waals surface area (Å²) >= 11 is 0. The molecular weight excluding hydrogens is 273 g/mol. The van der Waals surface area contributed by atoms with Crippen molar-refractivity contribution in [3.63, 3.8) is 0 Å². The number of likely N-dealkylation sites (N-methyl/N-ethyl adjacent to an activating group) is 1. The van der Waals surface area contributed by atoms with E-state index in [-0.39, 0.29) is 18.5 Å². The number of morpholine rings is 1. The van der Waals surface area contributed by atoms with Gasteiger partial charge < -0.3 is 19.5 Å². The molecule has 114 valence electrons. The summed E-state index contributed by atoms with van der Waals surface area (Å²) in [5.41, 5.74) is 0.493. The Morgan fingerprint density at radius 3 is 3.14 bits per heavy atom. The first-order valence-electron chi connectivity index (χ1n) is 7.01. The third-order valence-electron chi connectivity index (χ3n) is 3.17. The van der Waals surface area contributed by atoms with Crippen molar-refractivity contribution < 1.29 is 19.0 Å². The Bertz CT molecular complexity index is 524. The van der Waals surface area contributed by atoms with E-state index in [4.69, 9.17) is 14.6 Å². The fourth-order valence-electron chi connectivity index (χ4n) is 2.09. The van der Waals surface area contributed by atoms with Crippen LogP contribution in [-0.2, 0) is 4.74 Å². The molecule has 5 heteroatoms. The van der Waals surface area contributed by atoms with Crippen LogP contribution in [0.5, 0.6) is 5.75 Å². The molecule has 2 rings (SSSR count). The van der Waals surface area contributed by atoms with E-state index in [1.54, 1.807) is 6.07 Å². The highest BCUT2D eigenvalue weighted by atomic mass is 19.1.